The Bertz CT molecular complexity index is 774. The zero-order valence-electron chi connectivity index (χ0n) is 14.8. The highest BCUT2D eigenvalue weighted by atomic mass is 16.7. The summed E-state index contributed by atoms with van der Waals surface area (Å²) in [5.74, 6) is 2.62. The van der Waals surface area contributed by atoms with Crippen molar-refractivity contribution in [1.29, 1.82) is 0 Å². The van der Waals surface area contributed by atoms with E-state index in [4.69, 9.17) is 18.6 Å². The molecule has 0 aliphatic carbocycles. The lowest BCUT2D eigenvalue weighted by Crippen LogP contribution is -2.34. The molecule has 0 unspecified atom stereocenters. The Morgan fingerprint density at radius 3 is 2.77 bits per heavy atom. The van der Waals surface area contributed by atoms with Crippen LogP contribution in [0.3, 0.4) is 0 Å². The SMILES string of the molecule is COc1cc2c(cc1CN1CCCN(C(=O)c3ccco3)CC1)OCO2. The van der Waals surface area contributed by atoms with E-state index in [2.05, 4.69) is 4.90 Å². The second-order valence-corrected chi connectivity index (χ2v) is 6.42. The first-order valence-corrected chi connectivity index (χ1v) is 8.76. The molecule has 1 aromatic heterocycles. The van der Waals surface area contributed by atoms with E-state index in [1.165, 1.54) is 6.26 Å². The van der Waals surface area contributed by atoms with Crippen LogP contribution in [-0.2, 0) is 6.54 Å². The number of furan rings is 1. The van der Waals surface area contributed by atoms with Crippen molar-refractivity contribution < 1.29 is 23.4 Å². The monoisotopic (exact) mass is 358 g/mol. The summed E-state index contributed by atoms with van der Waals surface area (Å²) in [7, 11) is 1.66. The molecule has 0 bridgehead atoms. The number of fused-ring (bicyclic) bond motifs is 1. The van der Waals surface area contributed by atoms with Crippen LogP contribution in [0.15, 0.2) is 34.9 Å². The van der Waals surface area contributed by atoms with Gasteiger partial charge in [0, 0.05) is 44.4 Å². The van der Waals surface area contributed by atoms with Gasteiger partial charge in [0.1, 0.15) is 5.75 Å². The van der Waals surface area contributed by atoms with Gasteiger partial charge in [-0.1, -0.05) is 0 Å². The van der Waals surface area contributed by atoms with Crippen LogP contribution in [0, 0.1) is 0 Å². The summed E-state index contributed by atoms with van der Waals surface area (Å²) in [6.45, 7) is 4.10. The third-order valence-electron chi connectivity index (χ3n) is 4.78. The molecule has 2 aliphatic heterocycles. The summed E-state index contributed by atoms with van der Waals surface area (Å²) in [4.78, 5) is 16.7. The van der Waals surface area contributed by atoms with Crippen molar-refractivity contribution in [1.82, 2.24) is 9.80 Å². The molecule has 1 saturated heterocycles. The number of nitrogens with zero attached hydrogens (tertiary/aromatic N) is 2. The van der Waals surface area contributed by atoms with E-state index in [0.717, 1.165) is 55.4 Å². The Kier molecular flexibility index (Phi) is 4.71. The van der Waals surface area contributed by atoms with E-state index in [-0.39, 0.29) is 12.7 Å². The summed E-state index contributed by atoms with van der Waals surface area (Å²) in [5.41, 5.74) is 1.06. The summed E-state index contributed by atoms with van der Waals surface area (Å²) in [6.07, 6.45) is 2.45. The van der Waals surface area contributed by atoms with Crippen LogP contribution in [-0.4, -0.2) is 55.8 Å². The summed E-state index contributed by atoms with van der Waals surface area (Å²) in [5, 5.41) is 0. The first-order chi connectivity index (χ1) is 12.7. The van der Waals surface area contributed by atoms with E-state index in [1.54, 1.807) is 19.2 Å². The topological polar surface area (TPSA) is 64.4 Å². The molecule has 0 N–H and O–H groups in total. The van der Waals surface area contributed by atoms with Gasteiger partial charge in [0.2, 0.25) is 6.79 Å². The smallest absolute Gasteiger partial charge is 0.289 e. The number of amides is 1. The van der Waals surface area contributed by atoms with Crippen LogP contribution >= 0.6 is 0 Å². The van der Waals surface area contributed by atoms with Crippen molar-refractivity contribution in [2.24, 2.45) is 0 Å². The maximum atomic E-state index is 12.5. The molecule has 3 heterocycles. The minimum atomic E-state index is -0.0440. The van der Waals surface area contributed by atoms with Gasteiger partial charge >= 0.3 is 0 Å². The molecule has 1 amide bonds. The molecule has 1 fully saturated rings. The highest BCUT2D eigenvalue weighted by Crippen LogP contribution is 2.38. The van der Waals surface area contributed by atoms with Crippen molar-refractivity contribution >= 4 is 5.91 Å². The Morgan fingerprint density at radius 2 is 2.00 bits per heavy atom. The Hall–Kier alpha value is -2.67. The Morgan fingerprint density at radius 1 is 1.15 bits per heavy atom. The van der Waals surface area contributed by atoms with Crippen LogP contribution in [0.5, 0.6) is 17.2 Å². The number of carbonyl (C=O) groups is 1. The van der Waals surface area contributed by atoms with Crippen molar-refractivity contribution in [2.75, 3.05) is 40.1 Å². The van der Waals surface area contributed by atoms with Gasteiger partial charge in [0.25, 0.3) is 5.91 Å². The Labute approximate surface area is 152 Å². The molecule has 0 atom stereocenters. The molecular formula is C19H22N2O5. The summed E-state index contributed by atoms with van der Waals surface area (Å²) < 4.78 is 21.6. The third-order valence-corrected chi connectivity index (χ3v) is 4.78. The molecule has 7 nitrogen and oxygen atoms in total. The zero-order chi connectivity index (χ0) is 17.9. The van der Waals surface area contributed by atoms with Crippen LogP contribution in [0.25, 0.3) is 0 Å². The minimum absolute atomic E-state index is 0.0440. The molecular weight excluding hydrogens is 336 g/mol. The second kappa shape index (κ2) is 7.29. The standard InChI is InChI=1S/C19H22N2O5/c1-23-16-11-18-17(25-13-26-18)10-14(16)12-20-5-3-6-21(8-7-20)19(22)15-4-2-9-24-15/h2,4,9-11H,3,5-8,12-13H2,1H3. The Balaban J connectivity index is 1.43. The van der Waals surface area contributed by atoms with Crippen molar-refractivity contribution in [2.45, 2.75) is 13.0 Å². The molecule has 138 valence electrons. The van der Waals surface area contributed by atoms with E-state index in [0.29, 0.717) is 12.3 Å². The average molecular weight is 358 g/mol. The quantitative estimate of drug-likeness (QED) is 0.836. The van der Waals surface area contributed by atoms with Gasteiger partial charge in [0.15, 0.2) is 17.3 Å². The van der Waals surface area contributed by atoms with Gasteiger partial charge in [-0.3, -0.25) is 9.69 Å². The molecule has 0 radical (unpaired) electrons. The predicted molar refractivity (Wildman–Crippen MR) is 93.6 cm³/mol. The van der Waals surface area contributed by atoms with Crippen molar-refractivity contribution in [3.8, 4) is 17.2 Å². The lowest BCUT2D eigenvalue weighted by Gasteiger charge is -2.22. The molecule has 4 rings (SSSR count). The van der Waals surface area contributed by atoms with Gasteiger partial charge < -0.3 is 23.5 Å². The minimum Gasteiger partial charge on any atom is -0.496 e. The lowest BCUT2D eigenvalue weighted by molar-refractivity contribution is 0.0729. The number of methoxy groups -OCH3 is 1. The highest BCUT2D eigenvalue weighted by Gasteiger charge is 2.24. The normalized spacial score (nSPS) is 17.2. The van der Waals surface area contributed by atoms with Gasteiger partial charge in [-0.15, -0.1) is 0 Å². The third kappa shape index (κ3) is 3.35. The molecule has 2 aliphatic rings. The number of ether oxygens (including phenoxy) is 3. The van der Waals surface area contributed by atoms with Crippen LogP contribution in [0.4, 0.5) is 0 Å². The fourth-order valence-corrected chi connectivity index (χ4v) is 3.41. The van der Waals surface area contributed by atoms with Gasteiger partial charge in [0.05, 0.1) is 13.4 Å². The lowest BCUT2D eigenvalue weighted by atomic mass is 10.1. The van der Waals surface area contributed by atoms with Crippen LogP contribution in [0.1, 0.15) is 22.5 Å². The van der Waals surface area contributed by atoms with E-state index in [1.807, 2.05) is 17.0 Å². The second-order valence-electron chi connectivity index (χ2n) is 6.42. The van der Waals surface area contributed by atoms with E-state index in [9.17, 15) is 4.79 Å². The maximum Gasteiger partial charge on any atom is 0.289 e. The molecule has 1 aromatic carbocycles. The highest BCUT2D eigenvalue weighted by molar-refractivity contribution is 5.91. The molecule has 2 aromatic rings. The average Bonchev–Trinajstić information content (AvgIpc) is 3.29. The summed E-state index contributed by atoms with van der Waals surface area (Å²) >= 11 is 0. The summed E-state index contributed by atoms with van der Waals surface area (Å²) in [6, 6.07) is 7.31. The van der Waals surface area contributed by atoms with Gasteiger partial charge in [-0.25, -0.2) is 0 Å². The first kappa shape index (κ1) is 16.8. The first-order valence-electron chi connectivity index (χ1n) is 8.76. The number of benzene rings is 1. The molecule has 7 heteroatoms. The van der Waals surface area contributed by atoms with Crippen LogP contribution < -0.4 is 14.2 Å². The molecule has 0 spiro atoms. The van der Waals surface area contributed by atoms with E-state index >= 15 is 0 Å². The fraction of sp³-hybridized carbons (Fsp3) is 0.421. The molecule has 26 heavy (non-hydrogen) atoms. The number of carbonyl (C=O) groups excluding carboxylic acids is 1. The maximum absolute atomic E-state index is 12.5. The largest absolute Gasteiger partial charge is 0.496 e. The number of hydrogen-bond donors (Lipinski definition) is 0. The predicted octanol–water partition coefficient (Wildman–Crippen LogP) is 2.37. The number of rotatable bonds is 4. The van der Waals surface area contributed by atoms with Crippen LogP contribution in [0.2, 0.25) is 0 Å². The van der Waals surface area contributed by atoms with Crippen molar-refractivity contribution in [3.05, 3.63) is 41.9 Å². The van der Waals surface area contributed by atoms with E-state index < -0.39 is 0 Å². The van der Waals surface area contributed by atoms with Gasteiger partial charge in [-0.05, 0) is 24.6 Å². The van der Waals surface area contributed by atoms with Gasteiger partial charge in [-0.2, -0.15) is 0 Å². The fourth-order valence-electron chi connectivity index (χ4n) is 3.41. The zero-order valence-corrected chi connectivity index (χ0v) is 14.8. The molecule has 0 saturated carbocycles. The number of hydrogen-bond acceptors (Lipinski definition) is 6. The van der Waals surface area contributed by atoms with Crippen molar-refractivity contribution in [3.63, 3.8) is 0 Å².